The normalized spacial score (nSPS) is 11.7. The lowest BCUT2D eigenvalue weighted by molar-refractivity contribution is -0.141. The zero-order valence-corrected chi connectivity index (χ0v) is 12.4. The number of carbonyl (C=O) groups excluding carboxylic acids is 1. The average molecular weight is 366 g/mol. The maximum Gasteiger partial charge on any atom is 0.435 e. The molecule has 2 aromatic heterocycles. The summed E-state index contributed by atoms with van der Waals surface area (Å²) >= 11 is 3.23. The molecule has 0 saturated carbocycles. The predicted molar refractivity (Wildman–Crippen MR) is 70.5 cm³/mol. The Morgan fingerprint density at radius 1 is 1.48 bits per heavy atom. The molecule has 0 saturated heterocycles. The summed E-state index contributed by atoms with van der Waals surface area (Å²) in [6.07, 6.45) is -1.26. The van der Waals surface area contributed by atoms with Crippen molar-refractivity contribution in [1.29, 1.82) is 0 Å². The van der Waals surface area contributed by atoms with Crippen LogP contribution in [0.5, 0.6) is 0 Å². The van der Waals surface area contributed by atoms with E-state index in [2.05, 4.69) is 31.4 Å². The second kappa shape index (κ2) is 5.88. The number of hydrogen-bond donors (Lipinski definition) is 1. The highest BCUT2D eigenvalue weighted by Crippen LogP contribution is 2.28. The Balaban J connectivity index is 1.96. The van der Waals surface area contributed by atoms with E-state index in [-0.39, 0.29) is 12.2 Å². The van der Waals surface area contributed by atoms with Crippen molar-refractivity contribution in [2.24, 2.45) is 7.05 Å². The van der Waals surface area contributed by atoms with Crippen LogP contribution in [-0.4, -0.2) is 32.0 Å². The smallest absolute Gasteiger partial charge is 0.349 e. The van der Waals surface area contributed by atoms with E-state index in [1.165, 1.54) is 7.05 Å². The fourth-order valence-electron chi connectivity index (χ4n) is 1.65. The molecule has 0 aliphatic carbocycles. The first-order valence-electron chi connectivity index (χ1n) is 5.85. The number of rotatable bonds is 4. The molecule has 0 radical (unpaired) electrons. The lowest BCUT2D eigenvalue weighted by atomic mass is 10.3. The monoisotopic (exact) mass is 365 g/mol. The second-order valence-corrected chi connectivity index (χ2v) is 5.13. The Kier molecular flexibility index (Phi) is 4.35. The van der Waals surface area contributed by atoms with Crippen LogP contribution in [0.4, 0.5) is 13.2 Å². The maximum atomic E-state index is 12.5. The van der Waals surface area contributed by atoms with Gasteiger partial charge < -0.3 is 5.32 Å². The Bertz CT molecular complexity index is 649. The van der Waals surface area contributed by atoms with Gasteiger partial charge in [0.2, 0.25) is 0 Å². The van der Waals surface area contributed by atoms with E-state index in [1.807, 2.05) is 0 Å². The summed E-state index contributed by atoms with van der Waals surface area (Å²) < 4.78 is 40.8. The van der Waals surface area contributed by atoms with Crippen molar-refractivity contribution in [3.05, 3.63) is 34.3 Å². The summed E-state index contributed by atoms with van der Waals surface area (Å²) in [6, 6.07) is 0.722. The predicted octanol–water partition coefficient (Wildman–Crippen LogP) is 1.83. The van der Waals surface area contributed by atoms with Crippen LogP contribution in [0.1, 0.15) is 16.2 Å². The van der Waals surface area contributed by atoms with Gasteiger partial charge in [-0.05, 0) is 15.9 Å². The molecule has 0 atom stereocenters. The molecule has 0 fully saturated rings. The van der Waals surface area contributed by atoms with Gasteiger partial charge in [-0.1, -0.05) is 0 Å². The first kappa shape index (κ1) is 15.5. The third kappa shape index (κ3) is 3.84. The highest BCUT2D eigenvalue weighted by atomic mass is 79.9. The zero-order valence-electron chi connectivity index (χ0n) is 10.9. The molecule has 0 spiro atoms. The van der Waals surface area contributed by atoms with Crippen LogP contribution < -0.4 is 5.32 Å². The molecule has 2 rings (SSSR count). The molecular formula is C11H11BrF3N5O. The van der Waals surface area contributed by atoms with E-state index in [1.54, 1.807) is 17.1 Å². The lowest BCUT2D eigenvalue weighted by Crippen LogP contribution is -2.29. The molecule has 0 bridgehead atoms. The van der Waals surface area contributed by atoms with Crippen molar-refractivity contribution < 1.29 is 18.0 Å². The van der Waals surface area contributed by atoms with Gasteiger partial charge in [-0.25, -0.2) is 0 Å². The molecule has 2 aromatic rings. The van der Waals surface area contributed by atoms with Gasteiger partial charge in [0.1, 0.15) is 5.69 Å². The molecule has 114 valence electrons. The lowest BCUT2D eigenvalue weighted by Gasteiger charge is -2.05. The highest BCUT2D eigenvalue weighted by Gasteiger charge is 2.35. The average Bonchev–Trinajstić information content (AvgIpc) is 2.95. The van der Waals surface area contributed by atoms with E-state index in [9.17, 15) is 18.0 Å². The molecule has 0 aromatic carbocycles. The van der Waals surface area contributed by atoms with Gasteiger partial charge in [0.25, 0.3) is 5.91 Å². The molecule has 21 heavy (non-hydrogen) atoms. The third-order valence-electron chi connectivity index (χ3n) is 2.63. The molecule has 0 unspecified atom stereocenters. The van der Waals surface area contributed by atoms with Crippen LogP contribution in [0.15, 0.2) is 22.9 Å². The van der Waals surface area contributed by atoms with Crippen molar-refractivity contribution in [3.8, 4) is 0 Å². The first-order chi connectivity index (χ1) is 9.77. The number of nitrogens with one attached hydrogen (secondary N) is 1. The fourth-order valence-corrected chi connectivity index (χ4v) is 1.98. The number of aromatic nitrogens is 4. The van der Waals surface area contributed by atoms with Crippen molar-refractivity contribution in [1.82, 2.24) is 24.9 Å². The summed E-state index contributed by atoms with van der Waals surface area (Å²) in [5, 5.41) is 9.79. The van der Waals surface area contributed by atoms with Crippen molar-refractivity contribution in [2.75, 3.05) is 6.54 Å². The number of amides is 1. The standard InChI is InChI=1S/C11H11BrF3N5O/c1-19-8(4-9(18-19)11(13,14)15)10(21)16-2-3-20-6-7(12)5-17-20/h4-6H,2-3H2,1H3,(H,16,21). The van der Waals surface area contributed by atoms with Gasteiger partial charge in [-0.2, -0.15) is 23.4 Å². The van der Waals surface area contributed by atoms with Gasteiger partial charge in [0.15, 0.2) is 5.69 Å². The molecule has 0 aliphatic rings. The molecule has 1 N–H and O–H groups in total. The van der Waals surface area contributed by atoms with Gasteiger partial charge in [-0.3, -0.25) is 14.2 Å². The van der Waals surface area contributed by atoms with Crippen LogP contribution in [0.3, 0.4) is 0 Å². The van der Waals surface area contributed by atoms with Crippen molar-refractivity contribution in [2.45, 2.75) is 12.7 Å². The molecule has 1 amide bonds. The largest absolute Gasteiger partial charge is 0.435 e. The van der Waals surface area contributed by atoms with E-state index in [0.717, 1.165) is 15.2 Å². The Morgan fingerprint density at radius 2 is 2.19 bits per heavy atom. The Morgan fingerprint density at radius 3 is 2.71 bits per heavy atom. The minimum absolute atomic E-state index is 0.149. The topological polar surface area (TPSA) is 64.7 Å². The van der Waals surface area contributed by atoms with E-state index < -0.39 is 17.8 Å². The number of aryl methyl sites for hydroxylation is 1. The number of nitrogens with zero attached hydrogens (tertiary/aromatic N) is 4. The quantitative estimate of drug-likeness (QED) is 0.898. The Labute approximate surface area is 126 Å². The third-order valence-corrected chi connectivity index (χ3v) is 3.04. The second-order valence-electron chi connectivity index (χ2n) is 4.21. The summed E-state index contributed by atoms with van der Waals surface area (Å²) in [5.41, 5.74) is -1.24. The van der Waals surface area contributed by atoms with Crippen LogP contribution in [0, 0.1) is 0 Å². The highest BCUT2D eigenvalue weighted by molar-refractivity contribution is 9.10. The van der Waals surface area contributed by atoms with Gasteiger partial charge in [0.05, 0.1) is 17.2 Å². The van der Waals surface area contributed by atoms with Gasteiger partial charge in [-0.15, -0.1) is 0 Å². The van der Waals surface area contributed by atoms with Crippen LogP contribution in [0.25, 0.3) is 0 Å². The molecular weight excluding hydrogens is 355 g/mol. The molecule has 0 aliphatic heterocycles. The zero-order chi connectivity index (χ0) is 15.6. The van der Waals surface area contributed by atoms with Crippen LogP contribution in [0.2, 0.25) is 0 Å². The minimum Gasteiger partial charge on any atom is -0.349 e. The van der Waals surface area contributed by atoms with Gasteiger partial charge in [0, 0.05) is 25.9 Å². The van der Waals surface area contributed by atoms with Crippen molar-refractivity contribution in [3.63, 3.8) is 0 Å². The molecule has 10 heteroatoms. The summed E-state index contributed by atoms with van der Waals surface area (Å²) in [6.45, 7) is 0.640. The minimum atomic E-state index is -4.57. The number of alkyl halides is 3. The van der Waals surface area contributed by atoms with Crippen LogP contribution in [-0.2, 0) is 19.8 Å². The number of halogens is 4. The SMILES string of the molecule is Cn1nc(C(F)(F)F)cc1C(=O)NCCn1cc(Br)cn1. The van der Waals surface area contributed by atoms with Crippen molar-refractivity contribution >= 4 is 21.8 Å². The molecule has 2 heterocycles. The maximum absolute atomic E-state index is 12.5. The number of hydrogen-bond acceptors (Lipinski definition) is 3. The van der Waals surface area contributed by atoms with E-state index in [0.29, 0.717) is 6.54 Å². The summed E-state index contributed by atoms with van der Waals surface area (Å²) in [7, 11) is 1.29. The van der Waals surface area contributed by atoms with E-state index >= 15 is 0 Å². The molecule has 6 nitrogen and oxygen atoms in total. The first-order valence-corrected chi connectivity index (χ1v) is 6.64. The Hall–Kier alpha value is -1.84. The number of carbonyl (C=O) groups is 1. The summed E-state index contributed by atoms with van der Waals surface area (Å²) in [5.74, 6) is -0.619. The van der Waals surface area contributed by atoms with Gasteiger partial charge >= 0.3 is 6.18 Å². The fraction of sp³-hybridized carbons (Fsp3) is 0.364. The van der Waals surface area contributed by atoms with Crippen LogP contribution >= 0.6 is 15.9 Å². The summed E-state index contributed by atoms with van der Waals surface area (Å²) in [4.78, 5) is 11.8. The van der Waals surface area contributed by atoms with E-state index in [4.69, 9.17) is 0 Å².